The number of nitrogens with zero attached hydrogens (tertiary/aromatic N) is 3. The van der Waals surface area contributed by atoms with Gasteiger partial charge in [-0.25, -0.2) is 4.98 Å². The highest BCUT2D eigenvalue weighted by atomic mass is 16.5. The van der Waals surface area contributed by atoms with Crippen LogP contribution in [-0.4, -0.2) is 10.1 Å². The Balaban J connectivity index is 1.94. The fraction of sp³-hybridized carbons (Fsp3) is 0.0500. The number of hydrogen-bond acceptors (Lipinski definition) is 5. The molecule has 0 aliphatic rings. The lowest BCUT2D eigenvalue weighted by Crippen LogP contribution is -1.98. The van der Waals surface area contributed by atoms with Crippen LogP contribution < -0.4 is 4.74 Å². The van der Waals surface area contributed by atoms with Gasteiger partial charge in [0.2, 0.25) is 0 Å². The maximum absolute atomic E-state index is 10.2. The van der Waals surface area contributed by atoms with Crippen molar-refractivity contribution in [3.63, 3.8) is 0 Å². The van der Waals surface area contributed by atoms with E-state index in [-0.39, 0.29) is 23.8 Å². The molecule has 0 aliphatic carbocycles. The first-order chi connectivity index (χ1) is 12.2. The number of pyridine rings is 1. The highest BCUT2D eigenvalue weighted by Gasteiger charge is 2.14. The van der Waals surface area contributed by atoms with Crippen LogP contribution in [0.15, 0.2) is 60.7 Å². The zero-order valence-electron chi connectivity index (χ0n) is 13.2. The van der Waals surface area contributed by atoms with Gasteiger partial charge in [-0.1, -0.05) is 42.5 Å². The Kier molecular flexibility index (Phi) is 4.60. The summed E-state index contributed by atoms with van der Waals surface area (Å²) in [6.45, 7) is 0.260. The maximum Gasteiger partial charge on any atom is 0.195 e. The molecule has 0 aliphatic heterocycles. The quantitative estimate of drug-likeness (QED) is 0.787. The highest BCUT2D eigenvalue weighted by Crippen LogP contribution is 2.33. The molecule has 0 amide bonds. The van der Waals surface area contributed by atoms with Crippen LogP contribution in [0.2, 0.25) is 0 Å². The fourth-order valence-corrected chi connectivity index (χ4v) is 2.30. The van der Waals surface area contributed by atoms with Gasteiger partial charge in [0, 0.05) is 11.6 Å². The van der Waals surface area contributed by atoms with Gasteiger partial charge in [-0.05, 0) is 17.7 Å². The van der Waals surface area contributed by atoms with Crippen molar-refractivity contribution in [1.29, 1.82) is 10.5 Å². The molecule has 0 saturated heterocycles. The summed E-state index contributed by atoms with van der Waals surface area (Å²) in [5.41, 5.74) is 2.58. The van der Waals surface area contributed by atoms with E-state index >= 15 is 0 Å². The van der Waals surface area contributed by atoms with E-state index in [2.05, 4.69) is 4.98 Å². The van der Waals surface area contributed by atoms with Gasteiger partial charge in [0.15, 0.2) is 17.2 Å². The van der Waals surface area contributed by atoms with Gasteiger partial charge in [-0.15, -0.1) is 0 Å². The average Bonchev–Trinajstić information content (AvgIpc) is 2.68. The van der Waals surface area contributed by atoms with Crippen LogP contribution in [0.5, 0.6) is 11.5 Å². The van der Waals surface area contributed by atoms with Crippen molar-refractivity contribution in [3.05, 3.63) is 77.5 Å². The predicted octanol–water partition coefficient (Wildman–Crippen LogP) is 3.78. The number of ether oxygens (including phenoxy) is 1. The van der Waals surface area contributed by atoms with Gasteiger partial charge >= 0.3 is 0 Å². The molecule has 2 aromatic carbocycles. The third-order valence-corrected chi connectivity index (χ3v) is 3.61. The van der Waals surface area contributed by atoms with E-state index in [1.54, 1.807) is 30.3 Å². The smallest absolute Gasteiger partial charge is 0.195 e. The van der Waals surface area contributed by atoms with Gasteiger partial charge in [-0.3, -0.25) is 0 Å². The Morgan fingerprint density at radius 2 is 1.68 bits per heavy atom. The van der Waals surface area contributed by atoms with Crippen molar-refractivity contribution in [3.8, 4) is 34.9 Å². The standard InChI is InChI=1S/C20H13N3O2/c21-11-14-6-8-16(9-7-14)17-10-19(20(24)18(12-22)23-17)25-13-15-4-2-1-3-5-15/h1-10,24H,13H2. The molecular weight excluding hydrogens is 314 g/mol. The number of aromatic hydroxyl groups is 1. The number of benzene rings is 2. The minimum absolute atomic E-state index is 0.107. The van der Waals surface area contributed by atoms with E-state index in [9.17, 15) is 10.4 Å². The average molecular weight is 327 g/mol. The molecular formula is C20H13N3O2. The Hall–Kier alpha value is -3.83. The largest absolute Gasteiger partial charge is 0.502 e. The molecule has 0 unspecified atom stereocenters. The van der Waals surface area contributed by atoms with Crippen molar-refractivity contribution in [2.24, 2.45) is 0 Å². The van der Waals surface area contributed by atoms with Crippen molar-refractivity contribution in [2.45, 2.75) is 6.61 Å². The summed E-state index contributed by atoms with van der Waals surface area (Å²) in [7, 11) is 0. The lowest BCUT2D eigenvalue weighted by Gasteiger charge is -2.11. The van der Waals surface area contributed by atoms with Crippen molar-refractivity contribution < 1.29 is 9.84 Å². The van der Waals surface area contributed by atoms with Crippen LogP contribution in [0.4, 0.5) is 0 Å². The zero-order chi connectivity index (χ0) is 17.6. The third-order valence-electron chi connectivity index (χ3n) is 3.61. The van der Waals surface area contributed by atoms with Gasteiger partial charge < -0.3 is 9.84 Å². The first kappa shape index (κ1) is 16.0. The predicted molar refractivity (Wildman–Crippen MR) is 91.5 cm³/mol. The molecule has 3 rings (SSSR count). The van der Waals surface area contributed by atoms with Crippen LogP contribution in [0.1, 0.15) is 16.8 Å². The zero-order valence-corrected chi connectivity index (χ0v) is 13.2. The van der Waals surface area contributed by atoms with E-state index in [1.807, 2.05) is 42.5 Å². The maximum atomic E-state index is 10.2. The van der Waals surface area contributed by atoms with E-state index in [1.165, 1.54) is 0 Å². The monoisotopic (exact) mass is 327 g/mol. The molecule has 0 bridgehead atoms. The second kappa shape index (κ2) is 7.16. The number of hydrogen-bond donors (Lipinski definition) is 1. The summed E-state index contributed by atoms with van der Waals surface area (Å²) in [6, 6.07) is 21.8. The number of aromatic nitrogens is 1. The Morgan fingerprint density at radius 3 is 2.32 bits per heavy atom. The molecule has 3 aromatic rings. The van der Waals surface area contributed by atoms with E-state index < -0.39 is 0 Å². The lowest BCUT2D eigenvalue weighted by atomic mass is 10.1. The van der Waals surface area contributed by atoms with Gasteiger partial charge in [0.25, 0.3) is 0 Å². The normalized spacial score (nSPS) is 9.84. The minimum atomic E-state index is -0.282. The van der Waals surface area contributed by atoms with Crippen molar-refractivity contribution in [2.75, 3.05) is 0 Å². The van der Waals surface area contributed by atoms with Crippen molar-refractivity contribution in [1.82, 2.24) is 4.98 Å². The second-order valence-electron chi connectivity index (χ2n) is 5.28. The Bertz CT molecular complexity index is 969. The summed E-state index contributed by atoms with van der Waals surface area (Å²) >= 11 is 0. The molecule has 0 radical (unpaired) electrons. The molecule has 1 heterocycles. The van der Waals surface area contributed by atoms with Crippen LogP contribution in [0.25, 0.3) is 11.3 Å². The Labute approximate surface area is 145 Å². The minimum Gasteiger partial charge on any atom is -0.502 e. The molecule has 1 aromatic heterocycles. The summed E-state index contributed by atoms with van der Waals surface area (Å²) in [6.07, 6.45) is 0. The van der Waals surface area contributed by atoms with Gasteiger partial charge in [0.05, 0.1) is 17.3 Å². The Morgan fingerprint density at radius 1 is 0.960 bits per heavy atom. The molecule has 25 heavy (non-hydrogen) atoms. The summed E-state index contributed by atoms with van der Waals surface area (Å²) in [4.78, 5) is 4.16. The summed E-state index contributed by atoms with van der Waals surface area (Å²) in [5, 5.41) is 28.3. The molecule has 120 valence electrons. The molecule has 0 spiro atoms. The first-order valence-electron chi connectivity index (χ1n) is 7.52. The lowest BCUT2D eigenvalue weighted by molar-refractivity contribution is 0.288. The van der Waals surface area contributed by atoms with E-state index in [0.29, 0.717) is 11.3 Å². The molecule has 0 fully saturated rings. The van der Waals surface area contributed by atoms with Crippen molar-refractivity contribution >= 4 is 0 Å². The topological polar surface area (TPSA) is 89.9 Å². The third kappa shape index (κ3) is 3.57. The molecule has 1 N–H and O–H groups in total. The molecule has 0 atom stereocenters. The second-order valence-corrected chi connectivity index (χ2v) is 5.28. The van der Waals surface area contributed by atoms with Crippen LogP contribution >= 0.6 is 0 Å². The highest BCUT2D eigenvalue weighted by molar-refractivity contribution is 5.65. The van der Waals surface area contributed by atoms with E-state index in [0.717, 1.165) is 11.1 Å². The summed E-state index contributed by atoms with van der Waals surface area (Å²) in [5.74, 6) is -0.0920. The molecule has 5 nitrogen and oxygen atoms in total. The fourth-order valence-electron chi connectivity index (χ4n) is 2.30. The van der Waals surface area contributed by atoms with Gasteiger partial charge in [0.1, 0.15) is 12.7 Å². The summed E-state index contributed by atoms with van der Waals surface area (Å²) < 4.78 is 5.68. The SMILES string of the molecule is N#Cc1ccc(-c2cc(OCc3ccccc3)c(O)c(C#N)n2)cc1. The molecule has 0 saturated carbocycles. The first-order valence-corrected chi connectivity index (χ1v) is 7.52. The van der Waals surface area contributed by atoms with Crippen LogP contribution in [-0.2, 0) is 6.61 Å². The van der Waals surface area contributed by atoms with Crippen LogP contribution in [0.3, 0.4) is 0 Å². The molecule has 5 heteroatoms. The van der Waals surface area contributed by atoms with Gasteiger partial charge in [-0.2, -0.15) is 10.5 Å². The number of nitriles is 2. The van der Waals surface area contributed by atoms with Crippen LogP contribution in [0, 0.1) is 22.7 Å². The number of rotatable bonds is 4. The van der Waals surface area contributed by atoms with E-state index in [4.69, 9.17) is 10.00 Å².